The Balaban J connectivity index is 1.67. The van der Waals surface area contributed by atoms with Crippen LogP contribution < -0.4 is 4.90 Å². The van der Waals surface area contributed by atoms with Crippen LogP contribution in [0, 0.1) is 0 Å². The second-order valence-corrected chi connectivity index (χ2v) is 6.34. The van der Waals surface area contributed by atoms with Gasteiger partial charge in [-0.1, -0.05) is 24.3 Å². The summed E-state index contributed by atoms with van der Waals surface area (Å²) in [5.41, 5.74) is 1.93. The monoisotopic (exact) mass is 328 g/mol. The van der Waals surface area contributed by atoms with E-state index in [1.54, 1.807) is 15.9 Å². The number of aliphatic hydroxyl groups excluding tert-OH is 1. The molecule has 1 amide bonds. The summed E-state index contributed by atoms with van der Waals surface area (Å²) < 4.78 is 0. The first kappa shape index (κ1) is 16.7. The molecule has 1 atom stereocenters. The number of carbonyl (C=O) groups is 1. The molecule has 128 valence electrons. The molecule has 2 heterocycles. The Morgan fingerprint density at radius 2 is 2.12 bits per heavy atom. The van der Waals surface area contributed by atoms with Crippen molar-refractivity contribution in [2.75, 3.05) is 45.2 Å². The van der Waals surface area contributed by atoms with Gasteiger partial charge in [0.15, 0.2) is 0 Å². The van der Waals surface area contributed by atoms with E-state index in [0.29, 0.717) is 13.1 Å². The van der Waals surface area contributed by atoms with Gasteiger partial charge in [0, 0.05) is 36.7 Å². The molecule has 0 saturated carbocycles. The number of nitrogens with zero attached hydrogens (tertiary/aromatic N) is 3. The SMILES string of the molecule is CN(C)C/C=C/C(O)N1CCN(c2c[nH]c3ccccc23)C(=O)C1. The highest BCUT2D eigenvalue weighted by atomic mass is 16.3. The molecule has 0 aliphatic carbocycles. The van der Waals surface area contributed by atoms with Gasteiger partial charge in [0.2, 0.25) is 5.91 Å². The van der Waals surface area contributed by atoms with Crippen LogP contribution in [0.25, 0.3) is 10.9 Å². The molecule has 1 aliphatic heterocycles. The first-order valence-corrected chi connectivity index (χ1v) is 8.16. The zero-order valence-electron chi connectivity index (χ0n) is 14.1. The van der Waals surface area contributed by atoms with Crippen molar-refractivity contribution in [2.24, 2.45) is 0 Å². The minimum atomic E-state index is -0.723. The molecule has 0 bridgehead atoms. The number of hydrogen-bond acceptors (Lipinski definition) is 4. The normalized spacial score (nSPS) is 18.2. The molecule has 6 nitrogen and oxygen atoms in total. The summed E-state index contributed by atoms with van der Waals surface area (Å²) in [6, 6.07) is 7.96. The third kappa shape index (κ3) is 3.51. The standard InChI is InChI=1S/C18H24N4O2/c1-20(2)9-5-8-17(23)21-10-11-22(18(24)13-21)16-12-19-15-7-4-3-6-14(15)16/h3-8,12,17,19,23H,9-11,13H2,1-2H3/b8-5+. The van der Waals surface area contributed by atoms with Crippen LogP contribution in [-0.2, 0) is 4.79 Å². The Kier molecular flexibility index (Phi) is 4.99. The molecule has 24 heavy (non-hydrogen) atoms. The fourth-order valence-corrected chi connectivity index (χ4v) is 2.97. The van der Waals surface area contributed by atoms with Crippen LogP contribution in [0.2, 0.25) is 0 Å². The van der Waals surface area contributed by atoms with Crippen molar-refractivity contribution in [2.45, 2.75) is 6.23 Å². The van der Waals surface area contributed by atoms with Crippen LogP contribution in [-0.4, -0.2) is 72.3 Å². The van der Waals surface area contributed by atoms with Crippen molar-refractivity contribution in [1.29, 1.82) is 0 Å². The van der Waals surface area contributed by atoms with Gasteiger partial charge in [-0.25, -0.2) is 0 Å². The summed E-state index contributed by atoms with van der Waals surface area (Å²) in [5.74, 6) is 0.00561. The Labute approximate surface area is 142 Å². The molecule has 1 aliphatic rings. The highest BCUT2D eigenvalue weighted by Gasteiger charge is 2.29. The third-order valence-electron chi connectivity index (χ3n) is 4.26. The second kappa shape index (κ2) is 7.17. The van der Waals surface area contributed by atoms with E-state index in [4.69, 9.17) is 0 Å². The van der Waals surface area contributed by atoms with Crippen molar-refractivity contribution >= 4 is 22.5 Å². The molecule has 2 N–H and O–H groups in total. The van der Waals surface area contributed by atoms with E-state index in [1.165, 1.54) is 0 Å². The van der Waals surface area contributed by atoms with Crippen LogP contribution in [0.5, 0.6) is 0 Å². The first-order chi connectivity index (χ1) is 11.6. The number of nitrogens with one attached hydrogen (secondary N) is 1. The number of piperazine rings is 1. The van der Waals surface area contributed by atoms with Gasteiger partial charge in [0.05, 0.1) is 12.2 Å². The minimum absolute atomic E-state index is 0.00561. The maximum absolute atomic E-state index is 12.6. The molecule has 0 radical (unpaired) electrons. The van der Waals surface area contributed by atoms with E-state index in [0.717, 1.165) is 23.1 Å². The van der Waals surface area contributed by atoms with Crippen LogP contribution in [0.4, 0.5) is 5.69 Å². The van der Waals surface area contributed by atoms with Gasteiger partial charge in [-0.15, -0.1) is 0 Å². The Hall–Kier alpha value is -2.15. The van der Waals surface area contributed by atoms with Gasteiger partial charge in [0.1, 0.15) is 6.23 Å². The van der Waals surface area contributed by atoms with Crippen LogP contribution in [0.3, 0.4) is 0 Å². The quantitative estimate of drug-likeness (QED) is 0.811. The van der Waals surface area contributed by atoms with E-state index < -0.39 is 6.23 Å². The van der Waals surface area contributed by atoms with E-state index in [2.05, 4.69) is 4.98 Å². The average molecular weight is 328 g/mol. The number of amides is 1. The Morgan fingerprint density at radius 1 is 1.33 bits per heavy atom. The van der Waals surface area contributed by atoms with Crippen molar-refractivity contribution in [3.8, 4) is 0 Å². The van der Waals surface area contributed by atoms with Gasteiger partial charge in [-0.3, -0.25) is 9.69 Å². The molecule has 1 fully saturated rings. The zero-order chi connectivity index (χ0) is 17.1. The van der Waals surface area contributed by atoms with Crippen molar-refractivity contribution < 1.29 is 9.90 Å². The van der Waals surface area contributed by atoms with Crippen LogP contribution in [0.15, 0.2) is 42.6 Å². The number of likely N-dealkylation sites (N-methyl/N-ethyl adjacent to an activating group) is 1. The van der Waals surface area contributed by atoms with Gasteiger partial charge in [-0.05, 0) is 26.2 Å². The number of rotatable bonds is 5. The highest BCUT2D eigenvalue weighted by molar-refractivity contribution is 6.04. The van der Waals surface area contributed by atoms with E-state index in [9.17, 15) is 9.90 Å². The maximum Gasteiger partial charge on any atom is 0.241 e. The molecule has 0 spiro atoms. The second-order valence-electron chi connectivity index (χ2n) is 6.34. The minimum Gasteiger partial charge on any atom is -0.375 e. The number of aliphatic hydroxyl groups is 1. The Morgan fingerprint density at radius 3 is 2.88 bits per heavy atom. The average Bonchev–Trinajstić information content (AvgIpc) is 2.98. The number of carbonyl (C=O) groups excluding carboxylic acids is 1. The fraction of sp³-hybridized carbons (Fsp3) is 0.389. The van der Waals surface area contributed by atoms with E-state index in [-0.39, 0.29) is 12.5 Å². The summed E-state index contributed by atoms with van der Waals surface area (Å²) in [4.78, 5) is 21.4. The summed E-state index contributed by atoms with van der Waals surface area (Å²) in [6.07, 6.45) is 4.82. The molecule has 6 heteroatoms. The largest absolute Gasteiger partial charge is 0.375 e. The van der Waals surface area contributed by atoms with Gasteiger partial charge in [0.25, 0.3) is 0 Å². The summed E-state index contributed by atoms with van der Waals surface area (Å²) in [6.45, 7) is 2.19. The molecule has 1 aromatic heterocycles. The fourth-order valence-electron chi connectivity index (χ4n) is 2.97. The lowest BCUT2D eigenvalue weighted by Crippen LogP contribution is -2.53. The van der Waals surface area contributed by atoms with Crippen molar-refractivity contribution in [3.05, 3.63) is 42.6 Å². The molecule has 1 aromatic carbocycles. The molecule has 1 saturated heterocycles. The molecule has 2 aromatic rings. The van der Waals surface area contributed by atoms with Gasteiger partial charge in [-0.2, -0.15) is 0 Å². The van der Waals surface area contributed by atoms with E-state index >= 15 is 0 Å². The van der Waals surface area contributed by atoms with Crippen molar-refractivity contribution in [1.82, 2.24) is 14.8 Å². The first-order valence-electron chi connectivity index (χ1n) is 8.16. The number of fused-ring (bicyclic) bond motifs is 1. The number of aromatic nitrogens is 1. The van der Waals surface area contributed by atoms with E-state index in [1.807, 2.05) is 55.5 Å². The predicted molar refractivity (Wildman–Crippen MR) is 95.9 cm³/mol. The highest BCUT2D eigenvalue weighted by Crippen LogP contribution is 2.27. The molecule has 3 rings (SSSR count). The number of para-hydroxylation sites is 1. The van der Waals surface area contributed by atoms with Gasteiger partial charge < -0.3 is 19.9 Å². The molecular weight excluding hydrogens is 304 g/mol. The van der Waals surface area contributed by atoms with Crippen LogP contribution in [0.1, 0.15) is 0 Å². The lowest BCUT2D eigenvalue weighted by molar-refractivity contribution is -0.124. The number of aromatic amines is 1. The van der Waals surface area contributed by atoms with Crippen molar-refractivity contribution in [3.63, 3.8) is 0 Å². The lowest BCUT2D eigenvalue weighted by Gasteiger charge is -2.35. The summed E-state index contributed by atoms with van der Waals surface area (Å²) in [5, 5.41) is 11.3. The van der Waals surface area contributed by atoms with Crippen LogP contribution >= 0.6 is 0 Å². The maximum atomic E-state index is 12.6. The predicted octanol–water partition coefficient (Wildman–Crippen LogP) is 1.25. The zero-order valence-corrected chi connectivity index (χ0v) is 14.1. The number of benzene rings is 1. The number of hydrogen-bond donors (Lipinski definition) is 2. The molecule has 1 unspecified atom stereocenters. The summed E-state index contributed by atoms with van der Waals surface area (Å²) in [7, 11) is 3.94. The number of H-pyrrole nitrogens is 1. The topological polar surface area (TPSA) is 62.8 Å². The number of anilines is 1. The summed E-state index contributed by atoms with van der Waals surface area (Å²) >= 11 is 0. The van der Waals surface area contributed by atoms with Gasteiger partial charge >= 0.3 is 0 Å². The Bertz CT molecular complexity index is 737. The third-order valence-corrected chi connectivity index (χ3v) is 4.26. The molecular formula is C18H24N4O2. The smallest absolute Gasteiger partial charge is 0.241 e. The lowest BCUT2D eigenvalue weighted by atomic mass is 10.2.